The Morgan fingerprint density at radius 2 is 1.67 bits per heavy atom. The predicted molar refractivity (Wildman–Crippen MR) is 79.4 cm³/mol. The van der Waals surface area contributed by atoms with Crippen LogP contribution in [0.3, 0.4) is 0 Å². The van der Waals surface area contributed by atoms with E-state index in [1.807, 2.05) is 0 Å². The first-order valence-electron chi connectivity index (χ1n) is 6.22. The molecule has 0 aromatic heterocycles. The zero-order valence-electron chi connectivity index (χ0n) is 11.1. The minimum Gasteiger partial charge on any atom is -0.384 e. The number of amides is 2. The molecule has 106 valence electrons. The average molecular weight is 284 g/mol. The number of rotatable bonds is 2. The van der Waals surface area contributed by atoms with Gasteiger partial charge in [-0.25, -0.2) is 9.18 Å². The summed E-state index contributed by atoms with van der Waals surface area (Å²) < 4.78 is 13.4. The Bertz CT molecular complexity index is 705. The third-order valence-corrected chi connectivity index (χ3v) is 2.60. The summed E-state index contributed by atoms with van der Waals surface area (Å²) in [7, 11) is 0. The smallest absolute Gasteiger partial charge is 0.323 e. The first-order chi connectivity index (χ1) is 10.2. The molecule has 0 fully saturated rings. The lowest BCUT2D eigenvalue weighted by Gasteiger charge is -2.09. The molecule has 0 bridgehead atoms. The van der Waals surface area contributed by atoms with Crippen LogP contribution in [0.1, 0.15) is 5.56 Å². The molecule has 0 spiro atoms. The van der Waals surface area contributed by atoms with Gasteiger partial charge in [0.05, 0.1) is 11.4 Å². The number of carbonyl (C=O) groups excluding carboxylic acids is 1. The van der Waals surface area contributed by atoms with Gasteiger partial charge in [0.25, 0.3) is 0 Å². The van der Waals surface area contributed by atoms with Gasteiger partial charge in [0.15, 0.2) is 0 Å². The summed E-state index contributed by atoms with van der Waals surface area (Å²) in [5.74, 6) is 4.72. The predicted octanol–water partition coefficient (Wildman–Crippen LogP) is 2.81. The third-order valence-electron chi connectivity index (χ3n) is 2.60. The molecule has 0 aliphatic heterocycles. The molecule has 0 heterocycles. The highest BCUT2D eigenvalue weighted by molar-refractivity contribution is 6.00. The Kier molecular flexibility index (Phi) is 4.91. The van der Waals surface area contributed by atoms with Crippen molar-refractivity contribution >= 4 is 17.4 Å². The quantitative estimate of drug-likeness (QED) is 0.743. The number of aliphatic hydroxyl groups is 1. The van der Waals surface area contributed by atoms with Crippen LogP contribution in [0.2, 0.25) is 0 Å². The van der Waals surface area contributed by atoms with Crippen LogP contribution in [0.5, 0.6) is 0 Å². The second kappa shape index (κ2) is 7.08. The minimum atomic E-state index is -0.571. The number of benzene rings is 2. The molecule has 0 radical (unpaired) electrons. The van der Waals surface area contributed by atoms with Crippen LogP contribution in [0, 0.1) is 17.7 Å². The maximum atomic E-state index is 13.4. The van der Waals surface area contributed by atoms with Crippen LogP contribution >= 0.6 is 0 Å². The van der Waals surface area contributed by atoms with Gasteiger partial charge < -0.3 is 15.7 Å². The van der Waals surface area contributed by atoms with Gasteiger partial charge >= 0.3 is 6.03 Å². The molecule has 0 unspecified atom stereocenters. The van der Waals surface area contributed by atoms with E-state index in [9.17, 15) is 9.18 Å². The second-order valence-corrected chi connectivity index (χ2v) is 4.06. The second-order valence-electron chi connectivity index (χ2n) is 4.06. The van der Waals surface area contributed by atoms with Gasteiger partial charge in [-0.15, -0.1) is 0 Å². The summed E-state index contributed by atoms with van der Waals surface area (Å²) in [6.07, 6.45) is 0. The summed E-state index contributed by atoms with van der Waals surface area (Å²) in [4.78, 5) is 11.9. The summed E-state index contributed by atoms with van der Waals surface area (Å²) in [5, 5.41) is 13.7. The molecule has 0 aliphatic carbocycles. The van der Waals surface area contributed by atoms with Gasteiger partial charge in [-0.3, -0.25) is 0 Å². The first kappa shape index (κ1) is 14.6. The van der Waals surface area contributed by atoms with E-state index in [1.54, 1.807) is 30.3 Å². The monoisotopic (exact) mass is 284 g/mol. The molecule has 4 nitrogen and oxygen atoms in total. The lowest BCUT2D eigenvalue weighted by atomic mass is 10.2. The zero-order valence-corrected chi connectivity index (χ0v) is 11.1. The molecular weight excluding hydrogens is 271 g/mol. The Morgan fingerprint density at radius 1 is 1.05 bits per heavy atom. The highest BCUT2D eigenvalue weighted by atomic mass is 19.1. The van der Waals surface area contributed by atoms with Gasteiger partial charge in [0.1, 0.15) is 12.4 Å². The highest BCUT2D eigenvalue weighted by Crippen LogP contribution is 2.16. The SMILES string of the molecule is O=C(Nc1ccccc1F)Nc1ccccc1C#CCO. The van der Waals surface area contributed by atoms with E-state index in [1.165, 1.54) is 18.2 Å². The summed E-state index contributed by atoms with van der Waals surface area (Å²) in [5.41, 5.74) is 1.14. The third kappa shape index (κ3) is 4.06. The van der Waals surface area contributed by atoms with Gasteiger partial charge in [-0.1, -0.05) is 36.1 Å². The van der Waals surface area contributed by atoms with Crippen molar-refractivity contribution in [2.24, 2.45) is 0 Å². The van der Waals surface area contributed by atoms with Gasteiger partial charge in [0.2, 0.25) is 0 Å². The summed E-state index contributed by atoms with van der Waals surface area (Å²) in [6.45, 7) is -0.268. The minimum absolute atomic E-state index is 0.0916. The fourth-order valence-corrected chi connectivity index (χ4v) is 1.67. The van der Waals surface area contributed by atoms with Gasteiger partial charge in [-0.2, -0.15) is 0 Å². The number of urea groups is 1. The normalized spacial score (nSPS) is 9.43. The number of aliphatic hydroxyl groups excluding tert-OH is 1. The van der Waals surface area contributed by atoms with Gasteiger partial charge in [0, 0.05) is 5.56 Å². The zero-order chi connectivity index (χ0) is 15.1. The van der Waals surface area contributed by atoms with Crippen molar-refractivity contribution in [3.05, 3.63) is 59.9 Å². The average Bonchev–Trinajstić information content (AvgIpc) is 2.49. The fraction of sp³-hybridized carbons (Fsp3) is 0.0625. The number of carbonyl (C=O) groups is 1. The Morgan fingerprint density at radius 3 is 2.38 bits per heavy atom. The maximum absolute atomic E-state index is 13.4. The van der Waals surface area contributed by atoms with E-state index < -0.39 is 11.8 Å². The number of nitrogens with one attached hydrogen (secondary N) is 2. The molecule has 2 amide bonds. The molecule has 0 atom stereocenters. The summed E-state index contributed by atoms with van der Waals surface area (Å²) >= 11 is 0. The number of para-hydroxylation sites is 2. The van der Waals surface area contributed by atoms with E-state index in [2.05, 4.69) is 22.5 Å². The highest BCUT2D eigenvalue weighted by Gasteiger charge is 2.07. The topological polar surface area (TPSA) is 61.4 Å². The van der Waals surface area contributed by atoms with Crippen LogP contribution in [-0.2, 0) is 0 Å². The molecule has 2 rings (SSSR count). The molecule has 2 aromatic rings. The van der Waals surface area contributed by atoms with E-state index in [0.29, 0.717) is 11.3 Å². The number of anilines is 2. The van der Waals surface area contributed by atoms with Crippen molar-refractivity contribution < 1.29 is 14.3 Å². The Hall–Kier alpha value is -2.84. The van der Waals surface area contributed by atoms with Crippen LogP contribution < -0.4 is 10.6 Å². The summed E-state index contributed by atoms with van der Waals surface area (Å²) in [6, 6.07) is 12.2. The molecule has 2 aromatic carbocycles. The van der Waals surface area contributed by atoms with Crippen molar-refractivity contribution in [2.75, 3.05) is 17.2 Å². The molecule has 0 aliphatic rings. The first-order valence-corrected chi connectivity index (χ1v) is 6.22. The number of hydrogen-bond donors (Lipinski definition) is 3. The molecule has 0 saturated carbocycles. The Balaban J connectivity index is 2.12. The largest absolute Gasteiger partial charge is 0.384 e. The standard InChI is InChI=1S/C16H13FN2O2/c17-13-8-2-4-10-15(13)19-16(21)18-14-9-3-1-6-12(14)7-5-11-20/h1-4,6,8-10,20H,11H2,(H2,18,19,21). The van der Waals surface area contributed by atoms with Crippen molar-refractivity contribution in [2.45, 2.75) is 0 Å². The van der Waals surface area contributed by atoms with Crippen LogP contribution in [-0.4, -0.2) is 17.7 Å². The van der Waals surface area contributed by atoms with E-state index >= 15 is 0 Å². The van der Waals surface area contributed by atoms with E-state index in [0.717, 1.165) is 0 Å². The van der Waals surface area contributed by atoms with Crippen LogP contribution in [0.4, 0.5) is 20.6 Å². The van der Waals surface area contributed by atoms with Crippen molar-refractivity contribution in [1.82, 2.24) is 0 Å². The molecular formula is C16H13FN2O2. The van der Waals surface area contributed by atoms with Crippen LogP contribution in [0.25, 0.3) is 0 Å². The number of halogens is 1. The molecule has 0 saturated heterocycles. The van der Waals surface area contributed by atoms with Crippen LogP contribution in [0.15, 0.2) is 48.5 Å². The van der Waals surface area contributed by atoms with Crippen molar-refractivity contribution in [3.63, 3.8) is 0 Å². The lowest BCUT2D eigenvalue weighted by Crippen LogP contribution is -2.20. The molecule has 3 N–H and O–H groups in total. The van der Waals surface area contributed by atoms with Gasteiger partial charge in [-0.05, 0) is 24.3 Å². The molecule has 21 heavy (non-hydrogen) atoms. The van der Waals surface area contributed by atoms with Crippen molar-refractivity contribution in [1.29, 1.82) is 0 Å². The van der Waals surface area contributed by atoms with Crippen molar-refractivity contribution in [3.8, 4) is 11.8 Å². The molecule has 5 heteroatoms. The van der Waals surface area contributed by atoms with E-state index in [4.69, 9.17) is 5.11 Å². The lowest BCUT2D eigenvalue weighted by molar-refractivity contribution is 0.262. The number of hydrogen-bond acceptors (Lipinski definition) is 2. The van der Waals surface area contributed by atoms with E-state index in [-0.39, 0.29) is 12.3 Å². The maximum Gasteiger partial charge on any atom is 0.323 e. The fourth-order valence-electron chi connectivity index (χ4n) is 1.67. The Labute approximate surface area is 121 Å².